The van der Waals surface area contributed by atoms with E-state index < -0.39 is 0 Å². The summed E-state index contributed by atoms with van der Waals surface area (Å²) in [5.41, 5.74) is 3.65. The topological polar surface area (TPSA) is 18.5 Å². The van der Waals surface area contributed by atoms with Gasteiger partial charge in [0.1, 0.15) is 0 Å². The molecule has 0 saturated carbocycles. The van der Waals surface area contributed by atoms with E-state index in [4.69, 9.17) is 9.47 Å². The molecule has 1 aliphatic rings. The zero-order valence-electron chi connectivity index (χ0n) is 8.04. The molecule has 0 spiro atoms. The van der Waals surface area contributed by atoms with Gasteiger partial charge in [-0.1, -0.05) is 29.3 Å². The van der Waals surface area contributed by atoms with Gasteiger partial charge in [-0.3, -0.25) is 0 Å². The van der Waals surface area contributed by atoms with Crippen LogP contribution in [0.4, 0.5) is 0 Å². The van der Waals surface area contributed by atoms with E-state index >= 15 is 0 Å². The van der Waals surface area contributed by atoms with Crippen molar-refractivity contribution >= 4 is 0 Å². The van der Waals surface area contributed by atoms with Crippen molar-refractivity contribution in [2.24, 2.45) is 0 Å². The predicted molar refractivity (Wildman–Crippen MR) is 50.6 cm³/mol. The summed E-state index contributed by atoms with van der Waals surface area (Å²) in [6.07, 6.45) is -0.140. The highest BCUT2D eigenvalue weighted by molar-refractivity contribution is 5.29. The Balaban J connectivity index is 2.28. The van der Waals surface area contributed by atoms with Crippen LogP contribution < -0.4 is 0 Å². The SMILES string of the molecule is Cc1cc(C)cc(C2OCCO2)c1. The molecule has 1 aromatic carbocycles. The van der Waals surface area contributed by atoms with Gasteiger partial charge in [0, 0.05) is 5.56 Å². The monoisotopic (exact) mass is 178 g/mol. The number of hydrogen-bond donors (Lipinski definition) is 0. The molecule has 0 bridgehead atoms. The van der Waals surface area contributed by atoms with E-state index in [0.29, 0.717) is 13.2 Å². The van der Waals surface area contributed by atoms with E-state index in [2.05, 4.69) is 32.0 Å². The lowest BCUT2D eigenvalue weighted by molar-refractivity contribution is -0.0441. The Morgan fingerprint density at radius 3 is 2.08 bits per heavy atom. The van der Waals surface area contributed by atoms with E-state index in [0.717, 1.165) is 5.56 Å². The minimum Gasteiger partial charge on any atom is -0.346 e. The summed E-state index contributed by atoms with van der Waals surface area (Å²) in [5.74, 6) is 0. The Hall–Kier alpha value is -0.860. The third-order valence-electron chi connectivity index (χ3n) is 2.14. The van der Waals surface area contributed by atoms with Crippen LogP contribution in [0.1, 0.15) is 23.0 Å². The molecule has 2 nitrogen and oxygen atoms in total. The van der Waals surface area contributed by atoms with Crippen LogP contribution in [0.5, 0.6) is 0 Å². The van der Waals surface area contributed by atoms with E-state index in [9.17, 15) is 0 Å². The van der Waals surface area contributed by atoms with Crippen molar-refractivity contribution in [3.63, 3.8) is 0 Å². The molecule has 13 heavy (non-hydrogen) atoms. The molecule has 2 rings (SSSR count). The molecular weight excluding hydrogens is 164 g/mol. The van der Waals surface area contributed by atoms with Gasteiger partial charge in [0.25, 0.3) is 0 Å². The molecule has 1 aliphatic heterocycles. The number of benzene rings is 1. The van der Waals surface area contributed by atoms with Gasteiger partial charge in [-0.05, 0) is 13.8 Å². The summed E-state index contributed by atoms with van der Waals surface area (Å²) < 4.78 is 10.9. The minimum atomic E-state index is -0.140. The second kappa shape index (κ2) is 3.48. The Kier molecular flexibility index (Phi) is 2.34. The second-order valence-electron chi connectivity index (χ2n) is 3.49. The van der Waals surface area contributed by atoms with Crippen molar-refractivity contribution in [2.75, 3.05) is 13.2 Å². The van der Waals surface area contributed by atoms with Crippen LogP contribution in [0.3, 0.4) is 0 Å². The molecule has 1 heterocycles. The highest BCUT2D eigenvalue weighted by Crippen LogP contribution is 2.24. The molecule has 1 aromatic rings. The first-order valence-electron chi connectivity index (χ1n) is 4.57. The van der Waals surface area contributed by atoms with E-state index in [1.807, 2.05) is 0 Å². The molecule has 1 fully saturated rings. The standard InChI is InChI=1S/C11H14O2/c1-8-5-9(2)7-10(6-8)11-12-3-4-13-11/h5-7,11H,3-4H2,1-2H3. The maximum atomic E-state index is 5.43. The number of ether oxygens (including phenoxy) is 2. The van der Waals surface area contributed by atoms with Crippen molar-refractivity contribution < 1.29 is 9.47 Å². The summed E-state index contributed by atoms with van der Waals surface area (Å²) in [6, 6.07) is 6.38. The maximum absolute atomic E-state index is 5.43. The van der Waals surface area contributed by atoms with E-state index in [-0.39, 0.29) is 6.29 Å². The molecular formula is C11H14O2. The van der Waals surface area contributed by atoms with Gasteiger partial charge in [-0.2, -0.15) is 0 Å². The van der Waals surface area contributed by atoms with Crippen LogP contribution in [0.25, 0.3) is 0 Å². The van der Waals surface area contributed by atoms with Gasteiger partial charge in [0.15, 0.2) is 6.29 Å². The number of aryl methyl sites for hydroxylation is 2. The third kappa shape index (κ3) is 1.90. The average Bonchev–Trinajstić information content (AvgIpc) is 2.53. The Morgan fingerprint density at radius 1 is 1.00 bits per heavy atom. The number of hydrogen-bond acceptors (Lipinski definition) is 2. The first-order chi connectivity index (χ1) is 6.25. The summed E-state index contributed by atoms with van der Waals surface area (Å²) in [5, 5.41) is 0. The van der Waals surface area contributed by atoms with Gasteiger partial charge >= 0.3 is 0 Å². The molecule has 70 valence electrons. The van der Waals surface area contributed by atoms with Crippen molar-refractivity contribution in [1.82, 2.24) is 0 Å². The van der Waals surface area contributed by atoms with E-state index in [1.165, 1.54) is 11.1 Å². The quantitative estimate of drug-likeness (QED) is 0.657. The lowest BCUT2D eigenvalue weighted by atomic mass is 10.1. The lowest BCUT2D eigenvalue weighted by Crippen LogP contribution is -1.98. The zero-order chi connectivity index (χ0) is 9.26. The first-order valence-corrected chi connectivity index (χ1v) is 4.57. The van der Waals surface area contributed by atoms with Crippen LogP contribution in [0, 0.1) is 13.8 Å². The lowest BCUT2D eigenvalue weighted by Gasteiger charge is -2.10. The van der Waals surface area contributed by atoms with Crippen molar-refractivity contribution in [3.05, 3.63) is 34.9 Å². The molecule has 0 amide bonds. The van der Waals surface area contributed by atoms with Crippen molar-refractivity contribution in [1.29, 1.82) is 0 Å². The fourth-order valence-electron chi connectivity index (χ4n) is 1.70. The summed E-state index contributed by atoms with van der Waals surface area (Å²) in [7, 11) is 0. The largest absolute Gasteiger partial charge is 0.346 e. The average molecular weight is 178 g/mol. The zero-order valence-corrected chi connectivity index (χ0v) is 8.04. The van der Waals surface area contributed by atoms with Crippen molar-refractivity contribution in [2.45, 2.75) is 20.1 Å². The first kappa shape index (κ1) is 8.73. The molecule has 0 radical (unpaired) electrons. The van der Waals surface area contributed by atoms with Crippen LogP contribution in [0.15, 0.2) is 18.2 Å². The van der Waals surface area contributed by atoms with Gasteiger partial charge in [-0.25, -0.2) is 0 Å². The summed E-state index contributed by atoms with van der Waals surface area (Å²) in [4.78, 5) is 0. The molecule has 2 heteroatoms. The fraction of sp³-hybridized carbons (Fsp3) is 0.455. The molecule has 0 atom stereocenters. The van der Waals surface area contributed by atoms with Crippen LogP contribution in [-0.2, 0) is 9.47 Å². The Morgan fingerprint density at radius 2 is 1.54 bits per heavy atom. The fourth-order valence-corrected chi connectivity index (χ4v) is 1.70. The van der Waals surface area contributed by atoms with E-state index in [1.54, 1.807) is 0 Å². The molecule has 0 aromatic heterocycles. The van der Waals surface area contributed by atoms with Crippen LogP contribution in [0.2, 0.25) is 0 Å². The smallest absolute Gasteiger partial charge is 0.184 e. The van der Waals surface area contributed by atoms with Crippen LogP contribution in [-0.4, -0.2) is 13.2 Å². The molecule has 0 aliphatic carbocycles. The summed E-state index contributed by atoms with van der Waals surface area (Å²) >= 11 is 0. The van der Waals surface area contributed by atoms with Gasteiger partial charge in [0.2, 0.25) is 0 Å². The van der Waals surface area contributed by atoms with Gasteiger partial charge in [-0.15, -0.1) is 0 Å². The molecule has 1 saturated heterocycles. The minimum absolute atomic E-state index is 0.140. The van der Waals surface area contributed by atoms with Gasteiger partial charge < -0.3 is 9.47 Å². The Labute approximate surface area is 78.5 Å². The number of rotatable bonds is 1. The highest BCUT2D eigenvalue weighted by Gasteiger charge is 2.18. The van der Waals surface area contributed by atoms with Gasteiger partial charge in [0.05, 0.1) is 13.2 Å². The second-order valence-corrected chi connectivity index (χ2v) is 3.49. The molecule has 0 unspecified atom stereocenters. The summed E-state index contributed by atoms with van der Waals surface area (Å²) in [6.45, 7) is 5.59. The Bertz CT molecular complexity index is 281. The normalized spacial score (nSPS) is 18.0. The van der Waals surface area contributed by atoms with Crippen LogP contribution >= 0.6 is 0 Å². The predicted octanol–water partition coefficient (Wildman–Crippen LogP) is 2.35. The molecule has 0 N–H and O–H groups in total. The highest BCUT2D eigenvalue weighted by atomic mass is 16.7. The van der Waals surface area contributed by atoms with Crippen molar-refractivity contribution in [3.8, 4) is 0 Å². The third-order valence-corrected chi connectivity index (χ3v) is 2.14. The maximum Gasteiger partial charge on any atom is 0.184 e.